The molecule has 0 aliphatic heterocycles. The number of hydrogen-bond donors (Lipinski definition) is 2. The highest BCUT2D eigenvalue weighted by molar-refractivity contribution is 7.99. The molecule has 0 saturated heterocycles. The number of ether oxygens (including phenoxy) is 1. The van der Waals surface area contributed by atoms with Gasteiger partial charge in [-0.15, -0.1) is 11.3 Å². The fourth-order valence-corrected chi connectivity index (χ4v) is 3.97. The van der Waals surface area contributed by atoms with Crippen molar-refractivity contribution in [2.45, 2.75) is 9.79 Å². The molecular formula is C21H15N3O4S2. The fraction of sp³-hybridized carbons (Fsp3) is 0.0476. The molecule has 2 N–H and O–H groups in total. The average molecular weight is 438 g/mol. The van der Waals surface area contributed by atoms with Crippen molar-refractivity contribution in [1.82, 2.24) is 10.9 Å². The smallest absolute Gasteiger partial charge is 0.339 e. The van der Waals surface area contributed by atoms with Crippen LogP contribution in [-0.4, -0.2) is 24.4 Å². The van der Waals surface area contributed by atoms with E-state index in [9.17, 15) is 19.6 Å². The summed E-state index contributed by atoms with van der Waals surface area (Å²) in [6.45, 7) is -0.558. The third kappa shape index (κ3) is 5.47. The van der Waals surface area contributed by atoms with Crippen molar-refractivity contribution in [2.24, 2.45) is 0 Å². The first-order valence-electron chi connectivity index (χ1n) is 8.64. The van der Waals surface area contributed by atoms with Gasteiger partial charge in [-0.3, -0.25) is 20.4 Å². The summed E-state index contributed by atoms with van der Waals surface area (Å²) in [4.78, 5) is 37.9. The maximum atomic E-state index is 12.5. The number of hydrogen-bond acceptors (Lipinski definition) is 7. The first kappa shape index (κ1) is 21.1. The summed E-state index contributed by atoms with van der Waals surface area (Å²) in [5.41, 5.74) is 5.21. The van der Waals surface area contributed by atoms with Crippen LogP contribution in [0.4, 0.5) is 0 Å². The molecule has 0 bridgehead atoms. The second-order valence-electron chi connectivity index (χ2n) is 5.76. The van der Waals surface area contributed by atoms with Crippen LogP contribution in [0.15, 0.2) is 75.8 Å². The van der Waals surface area contributed by atoms with Crippen molar-refractivity contribution < 1.29 is 19.1 Å². The molecule has 0 radical (unpaired) electrons. The Hall–Kier alpha value is -3.61. The highest BCUT2D eigenvalue weighted by atomic mass is 32.2. The van der Waals surface area contributed by atoms with Gasteiger partial charge in [0.05, 0.1) is 16.0 Å². The quantitative estimate of drug-likeness (QED) is 0.452. The zero-order valence-electron chi connectivity index (χ0n) is 15.5. The van der Waals surface area contributed by atoms with Gasteiger partial charge < -0.3 is 4.74 Å². The lowest BCUT2D eigenvalue weighted by molar-refractivity contribution is -0.125. The van der Waals surface area contributed by atoms with Crippen LogP contribution < -0.4 is 10.9 Å². The van der Waals surface area contributed by atoms with E-state index in [0.717, 1.165) is 0 Å². The van der Waals surface area contributed by atoms with E-state index in [0.29, 0.717) is 20.2 Å². The predicted octanol–water partition coefficient (Wildman–Crippen LogP) is 3.39. The van der Waals surface area contributed by atoms with Crippen LogP contribution in [0.25, 0.3) is 0 Å². The standard InChI is InChI=1S/C21H15N3O4S2/c22-12-14-6-1-3-8-16(14)30-17-9-4-2-7-15(17)21(27)28-13-19(25)23-24-20(26)18-10-5-11-29-18/h1-11H,13H2,(H,23,25)(H,24,26). The highest BCUT2D eigenvalue weighted by Crippen LogP contribution is 2.32. The van der Waals surface area contributed by atoms with Crippen LogP contribution in [0.5, 0.6) is 0 Å². The molecule has 1 heterocycles. The summed E-state index contributed by atoms with van der Waals surface area (Å²) in [5, 5.41) is 11.0. The number of thiophene rings is 1. The zero-order valence-corrected chi connectivity index (χ0v) is 17.1. The molecular weight excluding hydrogens is 422 g/mol. The Bertz CT molecular complexity index is 1110. The van der Waals surface area contributed by atoms with Gasteiger partial charge in [-0.1, -0.05) is 42.1 Å². The largest absolute Gasteiger partial charge is 0.452 e. The van der Waals surface area contributed by atoms with Gasteiger partial charge in [-0.05, 0) is 35.7 Å². The number of carbonyl (C=O) groups is 3. The second kappa shape index (κ2) is 10.2. The topological polar surface area (TPSA) is 108 Å². The van der Waals surface area contributed by atoms with Crippen LogP contribution in [0.1, 0.15) is 25.6 Å². The van der Waals surface area contributed by atoms with Crippen molar-refractivity contribution in [2.75, 3.05) is 6.61 Å². The molecule has 3 rings (SSSR count). The lowest BCUT2D eigenvalue weighted by atomic mass is 10.2. The van der Waals surface area contributed by atoms with Crippen molar-refractivity contribution in [3.63, 3.8) is 0 Å². The minimum Gasteiger partial charge on any atom is -0.452 e. The SMILES string of the molecule is N#Cc1ccccc1Sc1ccccc1C(=O)OCC(=O)NNC(=O)c1cccs1. The van der Waals surface area contributed by atoms with Crippen LogP contribution in [-0.2, 0) is 9.53 Å². The molecule has 0 unspecified atom stereocenters. The van der Waals surface area contributed by atoms with Crippen molar-refractivity contribution in [3.8, 4) is 6.07 Å². The number of esters is 1. The first-order chi connectivity index (χ1) is 14.6. The summed E-state index contributed by atoms with van der Waals surface area (Å²) in [6, 6.07) is 19.2. The van der Waals surface area contributed by atoms with Gasteiger partial charge in [0.1, 0.15) is 6.07 Å². The molecule has 0 saturated carbocycles. The normalized spacial score (nSPS) is 9.97. The Labute approximate surface area is 180 Å². The van der Waals surface area contributed by atoms with E-state index in [1.807, 2.05) is 0 Å². The third-order valence-electron chi connectivity index (χ3n) is 3.73. The van der Waals surface area contributed by atoms with Gasteiger partial charge in [0.25, 0.3) is 11.8 Å². The summed E-state index contributed by atoms with van der Waals surface area (Å²) in [6.07, 6.45) is 0. The Balaban J connectivity index is 1.58. The second-order valence-corrected chi connectivity index (χ2v) is 7.79. The summed E-state index contributed by atoms with van der Waals surface area (Å²) >= 11 is 2.49. The van der Waals surface area contributed by atoms with E-state index in [1.54, 1.807) is 66.0 Å². The van der Waals surface area contributed by atoms with Crippen LogP contribution in [0.3, 0.4) is 0 Å². The third-order valence-corrected chi connectivity index (χ3v) is 5.75. The zero-order chi connectivity index (χ0) is 21.3. The molecule has 150 valence electrons. The number of nitrogens with zero attached hydrogens (tertiary/aromatic N) is 1. The van der Waals surface area contributed by atoms with Gasteiger partial charge in [0, 0.05) is 9.79 Å². The number of carbonyl (C=O) groups excluding carboxylic acids is 3. The molecule has 7 nitrogen and oxygen atoms in total. The summed E-state index contributed by atoms with van der Waals surface area (Å²) in [5.74, 6) is -1.82. The molecule has 0 fully saturated rings. The average Bonchev–Trinajstić information content (AvgIpc) is 3.31. The van der Waals surface area contributed by atoms with E-state index in [4.69, 9.17) is 4.74 Å². The summed E-state index contributed by atoms with van der Waals surface area (Å²) in [7, 11) is 0. The number of benzene rings is 2. The van der Waals surface area contributed by atoms with E-state index in [-0.39, 0.29) is 5.56 Å². The molecule has 9 heteroatoms. The fourth-order valence-electron chi connectivity index (χ4n) is 2.33. The van der Waals surface area contributed by atoms with E-state index >= 15 is 0 Å². The maximum Gasteiger partial charge on any atom is 0.339 e. The van der Waals surface area contributed by atoms with Gasteiger partial charge in [0.15, 0.2) is 6.61 Å². The lowest BCUT2D eigenvalue weighted by Crippen LogP contribution is -2.43. The highest BCUT2D eigenvalue weighted by Gasteiger charge is 2.16. The Morgan fingerprint density at radius 3 is 2.43 bits per heavy atom. The molecule has 3 aromatic rings. The molecule has 0 atom stereocenters. The minimum absolute atomic E-state index is 0.269. The maximum absolute atomic E-state index is 12.5. The van der Waals surface area contributed by atoms with Crippen LogP contribution in [0.2, 0.25) is 0 Å². The van der Waals surface area contributed by atoms with E-state index < -0.39 is 24.4 Å². The van der Waals surface area contributed by atoms with Crippen molar-refractivity contribution >= 4 is 40.9 Å². The number of amides is 2. The number of nitriles is 1. The molecule has 0 spiro atoms. The Morgan fingerprint density at radius 2 is 1.70 bits per heavy atom. The molecule has 0 aliphatic rings. The molecule has 1 aromatic heterocycles. The monoisotopic (exact) mass is 437 g/mol. The minimum atomic E-state index is -0.688. The van der Waals surface area contributed by atoms with Crippen molar-refractivity contribution in [3.05, 3.63) is 82.0 Å². The van der Waals surface area contributed by atoms with E-state index in [1.165, 1.54) is 23.1 Å². The predicted molar refractivity (Wildman–Crippen MR) is 112 cm³/mol. The lowest BCUT2D eigenvalue weighted by Gasteiger charge is -2.10. The molecule has 30 heavy (non-hydrogen) atoms. The van der Waals surface area contributed by atoms with Crippen molar-refractivity contribution in [1.29, 1.82) is 5.26 Å². The summed E-state index contributed by atoms with van der Waals surface area (Å²) < 4.78 is 5.07. The molecule has 2 amide bonds. The Morgan fingerprint density at radius 1 is 0.967 bits per heavy atom. The van der Waals surface area contributed by atoms with Crippen LogP contribution >= 0.6 is 23.1 Å². The van der Waals surface area contributed by atoms with Gasteiger partial charge >= 0.3 is 5.97 Å². The Kier molecular flexibility index (Phi) is 7.21. The molecule has 0 aliphatic carbocycles. The van der Waals surface area contributed by atoms with Gasteiger partial charge in [0.2, 0.25) is 0 Å². The van der Waals surface area contributed by atoms with Gasteiger partial charge in [-0.25, -0.2) is 4.79 Å². The number of rotatable bonds is 6. The number of hydrazine groups is 1. The first-order valence-corrected chi connectivity index (χ1v) is 10.3. The molecule has 2 aromatic carbocycles. The van der Waals surface area contributed by atoms with Gasteiger partial charge in [-0.2, -0.15) is 5.26 Å². The number of nitrogens with one attached hydrogen (secondary N) is 2. The van der Waals surface area contributed by atoms with Crippen LogP contribution in [0, 0.1) is 11.3 Å². The van der Waals surface area contributed by atoms with E-state index in [2.05, 4.69) is 16.9 Å².